The van der Waals surface area contributed by atoms with E-state index < -0.39 is 0 Å². The van der Waals surface area contributed by atoms with Gasteiger partial charge in [-0.3, -0.25) is 0 Å². The monoisotopic (exact) mass is 233 g/mol. The summed E-state index contributed by atoms with van der Waals surface area (Å²) in [6.45, 7) is 5.02. The minimum Gasteiger partial charge on any atom is -0.477 e. The Kier molecular flexibility index (Phi) is 4.41. The average Bonchev–Trinajstić information content (AvgIpc) is 2.38. The molecule has 0 atom stereocenters. The molecular weight excluding hydrogens is 210 g/mol. The van der Waals surface area contributed by atoms with Crippen LogP contribution in [0.3, 0.4) is 0 Å². The standard InChI is InChI=1S/C15H23NO/c1-3-14-10-9-12(2)16-15(14)17-11-13-7-5-4-6-8-13/h9-10,13H,3-8,11H2,1-2H3. The molecule has 94 valence electrons. The SMILES string of the molecule is CCc1ccc(C)nc1OCC1CCCCC1. The van der Waals surface area contributed by atoms with Gasteiger partial charge in [0.15, 0.2) is 0 Å². The van der Waals surface area contributed by atoms with Crippen LogP contribution < -0.4 is 4.74 Å². The Morgan fingerprint density at radius 2 is 2.00 bits per heavy atom. The van der Waals surface area contributed by atoms with Gasteiger partial charge in [-0.2, -0.15) is 0 Å². The van der Waals surface area contributed by atoms with E-state index in [1.54, 1.807) is 0 Å². The lowest BCUT2D eigenvalue weighted by Crippen LogP contribution is -2.16. The first-order valence-electron chi connectivity index (χ1n) is 6.89. The van der Waals surface area contributed by atoms with Gasteiger partial charge in [0.2, 0.25) is 5.88 Å². The predicted octanol–water partition coefficient (Wildman–Crippen LogP) is 3.91. The van der Waals surface area contributed by atoms with Crippen LogP contribution in [0.1, 0.15) is 50.3 Å². The summed E-state index contributed by atoms with van der Waals surface area (Å²) < 4.78 is 5.94. The Hall–Kier alpha value is -1.05. The third kappa shape index (κ3) is 3.45. The second kappa shape index (κ2) is 6.04. The third-order valence-corrected chi connectivity index (χ3v) is 3.64. The first-order chi connectivity index (χ1) is 8.29. The number of aryl methyl sites for hydroxylation is 2. The molecule has 1 aromatic rings. The first kappa shape index (κ1) is 12.4. The molecule has 1 aromatic heterocycles. The Balaban J connectivity index is 1.95. The minimum absolute atomic E-state index is 0.746. The predicted molar refractivity (Wildman–Crippen MR) is 70.4 cm³/mol. The zero-order valence-electron chi connectivity index (χ0n) is 11.0. The largest absolute Gasteiger partial charge is 0.477 e. The van der Waals surface area contributed by atoms with Gasteiger partial charge in [0.1, 0.15) is 0 Å². The van der Waals surface area contributed by atoms with Crippen LogP contribution >= 0.6 is 0 Å². The van der Waals surface area contributed by atoms with E-state index in [1.165, 1.54) is 37.7 Å². The third-order valence-electron chi connectivity index (χ3n) is 3.64. The second-order valence-corrected chi connectivity index (χ2v) is 5.09. The van der Waals surface area contributed by atoms with E-state index in [2.05, 4.69) is 24.0 Å². The lowest BCUT2D eigenvalue weighted by atomic mass is 9.90. The van der Waals surface area contributed by atoms with E-state index in [-0.39, 0.29) is 0 Å². The van der Waals surface area contributed by atoms with Crippen LogP contribution in [-0.2, 0) is 6.42 Å². The molecule has 0 aliphatic heterocycles. The van der Waals surface area contributed by atoms with Gasteiger partial charge < -0.3 is 4.74 Å². The molecule has 0 unspecified atom stereocenters. The summed E-state index contributed by atoms with van der Waals surface area (Å²) in [7, 11) is 0. The molecule has 1 aliphatic carbocycles. The van der Waals surface area contributed by atoms with Crippen LogP contribution in [-0.4, -0.2) is 11.6 Å². The number of hydrogen-bond acceptors (Lipinski definition) is 2. The zero-order chi connectivity index (χ0) is 12.1. The zero-order valence-corrected chi connectivity index (χ0v) is 11.0. The van der Waals surface area contributed by atoms with Crippen molar-refractivity contribution in [2.75, 3.05) is 6.61 Å². The summed E-state index contributed by atoms with van der Waals surface area (Å²) in [5.74, 6) is 1.61. The van der Waals surface area contributed by atoms with Crippen LogP contribution in [0, 0.1) is 12.8 Å². The highest BCUT2D eigenvalue weighted by Gasteiger charge is 2.15. The van der Waals surface area contributed by atoms with Gasteiger partial charge >= 0.3 is 0 Å². The normalized spacial score (nSPS) is 17.1. The van der Waals surface area contributed by atoms with Gasteiger partial charge in [-0.15, -0.1) is 0 Å². The van der Waals surface area contributed by atoms with Gasteiger partial charge in [-0.05, 0) is 38.2 Å². The van der Waals surface area contributed by atoms with Crippen molar-refractivity contribution >= 4 is 0 Å². The summed E-state index contributed by atoms with van der Waals surface area (Å²) in [5.41, 5.74) is 2.27. The van der Waals surface area contributed by atoms with Crippen molar-refractivity contribution in [2.45, 2.75) is 52.4 Å². The lowest BCUT2D eigenvalue weighted by Gasteiger charge is -2.22. The molecule has 0 bridgehead atoms. The van der Waals surface area contributed by atoms with Crippen molar-refractivity contribution in [1.29, 1.82) is 0 Å². The topological polar surface area (TPSA) is 22.1 Å². The fraction of sp³-hybridized carbons (Fsp3) is 0.667. The Labute approximate surface area is 104 Å². The number of ether oxygens (including phenoxy) is 1. The highest BCUT2D eigenvalue weighted by Crippen LogP contribution is 2.25. The van der Waals surface area contributed by atoms with Crippen molar-refractivity contribution in [3.63, 3.8) is 0 Å². The van der Waals surface area contributed by atoms with Crippen molar-refractivity contribution < 1.29 is 4.74 Å². The van der Waals surface area contributed by atoms with E-state index in [0.29, 0.717) is 0 Å². The summed E-state index contributed by atoms with van der Waals surface area (Å²) in [4.78, 5) is 4.51. The maximum atomic E-state index is 5.94. The van der Waals surface area contributed by atoms with Gasteiger partial charge in [0.05, 0.1) is 6.61 Å². The molecule has 17 heavy (non-hydrogen) atoms. The molecule has 2 nitrogen and oxygen atoms in total. The van der Waals surface area contributed by atoms with E-state index in [1.807, 2.05) is 6.92 Å². The summed E-state index contributed by atoms with van der Waals surface area (Å²) >= 11 is 0. The Morgan fingerprint density at radius 3 is 2.71 bits per heavy atom. The lowest BCUT2D eigenvalue weighted by molar-refractivity contribution is 0.201. The van der Waals surface area contributed by atoms with Gasteiger partial charge in [0, 0.05) is 11.3 Å². The second-order valence-electron chi connectivity index (χ2n) is 5.09. The quantitative estimate of drug-likeness (QED) is 0.786. The number of nitrogens with zero attached hydrogens (tertiary/aromatic N) is 1. The molecule has 0 spiro atoms. The van der Waals surface area contributed by atoms with E-state index in [4.69, 9.17) is 4.74 Å². The maximum Gasteiger partial charge on any atom is 0.216 e. The molecule has 0 saturated heterocycles. The highest BCUT2D eigenvalue weighted by molar-refractivity contribution is 5.27. The van der Waals surface area contributed by atoms with E-state index in [0.717, 1.165) is 30.5 Å². The van der Waals surface area contributed by atoms with Crippen molar-refractivity contribution in [3.05, 3.63) is 23.4 Å². The number of hydrogen-bond donors (Lipinski definition) is 0. The fourth-order valence-corrected chi connectivity index (χ4v) is 2.51. The van der Waals surface area contributed by atoms with Crippen molar-refractivity contribution in [1.82, 2.24) is 4.98 Å². The van der Waals surface area contributed by atoms with E-state index in [9.17, 15) is 0 Å². The van der Waals surface area contributed by atoms with E-state index >= 15 is 0 Å². The fourth-order valence-electron chi connectivity index (χ4n) is 2.51. The number of aromatic nitrogens is 1. The Morgan fingerprint density at radius 1 is 1.24 bits per heavy atom. The summed E-state index contributed by atoms with van der Waals surface area (Å²) in [5, 5.41) is 0. The van der Waals surface area contributed by atoms with Crippen LogP contribution in [0.5, 0.6) is 5.88 Å². The van der Waals surface area contributed by atoms with Crippen LogP contribution in [0.4, 0.5) is 0 Å². The summed E-state index contributed by atoms with van der Waals surface area (Å²) in [6, 6.07) is 4.20. The van der Waals surface area contributed by atoms with Crippen LogP contribution in [0.2, 0.25) is 0 Å². The van der Waals surface area contributed by atoms with Gasteiger partial charge in [-0.1, -0.05) is 32.3 Å². The molecule has 0 N–H and O–H groups in total. The molecule has 1 heterocycles. The highest BCUT2D eigenvalue weighted by atomic mass is 16.5. The number of rotatable bonds is 4. The average molecular weight is 233 g/mol. The molecule has 2 rings (SSSR count). The maximum absolute atomic E-state index is 5.94. The Bertz CT molecular complexity index is 356. The van der Waals surface area contributed by atoms with Crippen LogP contribution in [0.15, 0.2) is 12.1 Å². The molecule has 1 aliphatic rings. The molecule has 1 saturated carbocycles. The molecule has 0 amide bonds. The van der Waals surface area contributed by atoms with Gasteiger partial charge in [-0.25, -0.2) is 4.98 Å². The van der Waals surface area contributed by atoms with Crippen molar-refractivity contribution in [2.24, 2.45) is 5.92 Å². The molecule has 0 radical (unpaired) electrons. The minimum atomic E-state index is 0.746. The molecule has 0 aromatic carbocycles. The van der Waals surface area contributed by atoms with Crippen LogP contribution in [0.25, 0.3) is 0 Å². The first-order valence-corrected chi connectivity index (χ1v) is 6.89. The van der Waals surface area contributed by atoms with Gasteiger partial charge in [0.25, 0.3) is 0 Å². The smallest absolute Gasteiger partial charge is 0.216 e. The molecule has 1 fully saturated rings. The number of pyridine rings is 1. The molecular formula is C15H23NO. The molecule has 2 heteroatoms. The van der Waals surface area contributed by atoms with Crippen molar-refractivity contribution in [3.8, 4) is 5.88 Å². The summed E-state index contributed by atoms with van der Waals surface area (Å²) in [6.07, 6.45) is 7.79.